The van der Waals surface area contributed by atoms with Crippen LogP contribution >= 0.6 is 0 Å². The van der Waals surface area contributed by atoms with Gasteiger partial charge in [0.2, 0.25) is 11.8 Å². The summed E-state index contributed by atoms with van der Waals surface area (Å²) in [6.45, 7) is 3.72. The lowest BCUT2D eigenvalue weighted by Gasteiger charge is -2.28. The third-order valence-corrected chi connectivity index (χ3v) is 2.70. The van der Waals surface area contributed by atoms with Crippen molar-refractivity contribution in [3.63, 3.8) is 0 Å². The average molecular weight is 197 g/mol. The summed E-state index contributed by atoms with van der Waals surface area (Å²) in [5, 5.41) is 5.59. The van der Waals surface area contributed by atoms with Gasteiger partial charge < -0.3 is 10.6 Å². The van der Waals surface area contributed by atoms with Gasteiger partial charge in [-0.3, -0.25) is 14.5 Å². The Morgan fingerprint density at radius 2 is 2.14 bits per heavy atom. The largest absolute Gasteiger partial charge is 0.356 e. The first-order valence-electron chi connectivity index (χ1n) is 5.00. The Balaban J connectivity index is 1.79. The van der Waals surface area contributed by atoms with Crippen LogP contribution in [-0.4, -0.2) is 49.4 Å². The molecule has 0 unspecified atom stereocenters. The zero-order valence-corrected chi connectivity index (χ0v) is 8.08. The van der Waals surface area contributed by atoms with Crippen molar-refractivity contribution in [3.8, 4) is 0 Å². The van der Waals surface area contributed by atoms with Crippen molar-refractivity contribution < 1.29 is 9.59 Å². The normalized spacial score (nSPS) is 28.7. The maximum Gasteiger partial charge on any atom is 0.234 e. The van der Waals surface area contributed by atoms with Crippen molar-refractivity contribution in [1.29, 1.82) is 0 Å². The smallest absolute Gasteiger partial charge is 0.234 e. The maximum absolute atomic E-state index is 11.1. The molecular weight excluding hydrogens is 182 g/mol. The number of piperazine rings is 1. The molecule has 2 amide bonds. The molecule has 0 aromatic rings. The Labute approximate surface area is 82.8 Å². The Morgan fingerprint density at radius 1 is 1.29 bits per heavy atom. The fourth-order valence-corrected chi connectivity index (χ4v) is 2.01. The van der Waals surface area contributed by atoms with Crippen molar-refractivity contribution in [2.45, 2.75) is 6.42 Å². The molecule has 0 aliphatic carbocycles. The van der Waals surface area contributed by atoms with Crippen LogP contribution in [0.2, 0.25) is 0 Å². The summed E-state index contributed by atoms with van der Waals surface area (Å²) in [7, 11) is 0. The number of nitrogens with zero attached hydrogens (tertiary/aromatic N) is 1. The molecule has 14 heavy (non-hydrogen) atoms. The molecule has 0 saturated carbocycles. The van der Waals surface area contributed by atoms with E-state index in [2.05, 4.69) is 15.5 Å². The van der Waals surface area contributed by atoms with Gasteiger partial charge in [-0.15, -0.1) is 0 Å². The van der Waals surface area contributed by atoms with Crippen LogP contribution in [0.1, 0.15) is 6.42 Å². The van der Waals surface area contributed by atoms with Crippen LogP contribution in [0, 0.1) is 5.92 Å². The van der Waals surface area contributed by atoms with Gasteiger partial charge in [-0.25, -0.2) is 0 Å². The molecule has 2 saturated heterocycles. The second kappa shape index (κ2) is 3.96. The molecule has 78 valence electrons. The number of carbonyl (C=O) groups excluding carboxylic acids is 2. The molecule has 0 aromatic heterocycles. The molecule has 2 aliphatic rings. The van der Waals surface area contributed by atoms with E-state index in [1.54, 1.807) is 0 Å². The molecule has 1 atom stereocenters. The quantitative estimate of drug-likeness (QED) is 0.569. The van der Waals surface area contributed by atoms with E-state index in [9.17, 15) is 9.59 Å². The molecule has 2 N–H and O–H groups in total. The maximum atomic E-state index is 11.1. The summed E-state index contributed by atoms with van der Waals surface area (Å²) in [5.41, 5.74) is 0. The van der Waals surface area contributed by atoms with E-state index in [0.29, 0.717) is 18.9 Å². The first-order chi connectivity index (χ1) is 6.74. The highest BCUT2D eigenvalue weighted by molar-refractivity contribution is 5.79. The minimum atomic E-state index is 0.0912. The number of carbonyl (C=O) groups is 2. The lowest BCUT2D eigenvalue weighted by atomic mass is 10.1. The average Bonchev–Trinajstić information content (AvgIpc) is 2.51. The van der Waals surface area contributed by atoms with Crippen molar-refractivity contribution >= 4 is 11.8 Å². The lowest BCUT2D eigenvalue weighted by Crippen LogP contribution is -2.49. The second-order valence-corrected chi connectivity index (χ2v) is 3.96. The van der Waals surface area contributed by atoms with Gasteiger partial charge in [0.15, 0.2) is 0 Å². The van der Waals surface area contributed by atoms with Gasteiger partial charge in [0.05, 0.1) is 6.54 Å². The predicted octanol–water partition coefficient (Wildman–Crippen LogP) is -1.45. The van der Waals surface area contributed by atoms with Crippen molar-refractivity contribution in [1.82, 2.24) is 15.5 Å². The number of nitrogens with one attached hydrogen (secondary N) is 2. The molecule has 2 heterocycles. The molecule has 0 bridgehead atoms. The van der Waals surface area contributed by atoms with Crippen LogP contribution in [-0.2, 0) is 9.59 Å². The van der Waals surface area contributed by atoms with Crippen molar-refractivity contribution in [2.75, 3.05) is 32.7 Å². The summed E-state index contributed by atoms with van der Waals surface area (Å²) < 4.78 is 0. The highest BCUT2D eigenvalue weighted by Gasteiger charge is 2.25. The molecule has 2 aliphatic heterocycles. The first kappa shape index (κ1) is 9.45. The molecule has 5 nitrogen and oxygen atoms in total. The fourth-order valence-electron chi connectivity index (χ4n) is 2.01. The Kier molecular flexibility index (Phi) is 2.67. The molecular formula is C9H15N3O2. The van der Waals surface area contributed by atoms with Gasteiger partial charge in [-0.1, -0.05) is 0 Å². The summed E-state index contributed by atoms with van der Waals surface area (Å²) in [6, 6.07) is 0. The van der Waals surface area contributed by atoms with Gasteiger partial charge in [-0.2, -0.15) is 0 Å². The van der Waals surface area contributed by atoms with Crippen LogP contribution in [0.5, 0.6) is 0 Å². The van der Waals surface area contributed by atoms with E-state index >= 15 is 0 Å². The highest BCUT2D eigenvalue weighted by Crippen LogP contribution is 2.11. The van der Waals surface area contributed by atoms with Crippen LogP contribution in [0.3, 0.4) is 0 Å². The van der Waals surface area contributed by atoms with Gasteiger partial charge in [0.1, 0.15) is 0 Å². The third kappa shape index (κ3) is 2.23. The van der Waals surface area contributed by atoms with E-state index in [-0.39, 0.29) is 11.8 Å². The van der Waals surface area contributed by atoms with E-state index in [4.69, 9.17) is 0 Å². The Morgan fingerprint density at radius 3 is 2.79 bits per heavy atom. The SMILES string of the molecule is O=C1C[C@H](CN2CCNC(=O)C2)CN1. The molecule has 0 radical (unpaired) electrons. The third-order valence-electron chi connectivity index (χ3n) is 2.70. The first-order valence-corrected chi connectivity index (χ1v) is 5.00. The van der Waals surface area contributed by atoms with Gasteiger partial charge >= 0.3 is 0 Å². The van der Waals surface area contributed by atoms with Crippen molar-refractivity contribution in [2.24, 2.45) is 5.92 Å². The zero-order chi connectivity index (χ0) is 9.97. The minimum absolute atomic E-state index is 0.0912. The van der Waals surface area contributed by atoms with Crippen LogP contribution in [0.4, 0.5) is 0 Å². The van der Waals surface area contributed by atoms with Crippen LogP contribution in [0.15, 0.2) is 0 Å². The number of hydrogen-bond donors (Lipinski definition) is 2. The van der Waals surface area contributed by atoms with E-state index in [1.807, 2.05) is 0 Å². The summed E-state index contributed by atoms with van der Waals surface area (Å²) in [4.78, 5) is 24.1. The molecule has 5 heteroatoms. The second-order valence-electron chi connectivity index (χ2n) is 3.96. The van der Waals surface area contributed by atoms with Gasteiger partial charge in [-0.05, 0) is 5.92 Å². The minimum Gasteiger partial charge on any atom is -0.356 e. The summed E-state index contributed by atoms with van der Waals surface area (Å²) in [6.07, 6.45) is 0.609. The molecule has 0 aromatic carbocycles. The number of amides is 2. The Hall–Kier alpha value is -1.10. The molecule has 0 spiro atoms. The number of rotatable bonds is 2. The highest BCUT2D eigenvalue weighted by atomic mass is 16.2. The zero-order valence-electron chi connectivity index (χ0n) is 8.08. The van der Waals surface area contributed by atoms with Gasteiger partial charge in [0.25, 0.3) is 0 Å². The Bertz CT molecular complexity index is 254. The summed E-state index contributed by atoms with van der Waals surface area (Å²) >= 11 is 0. The van der Waals surface area contributed by atoms with Crippen molar-refractivity contribution in [3.05, 3.63) is 0 Å². The topological polar surface area (TPSA) is 61.4 Å². The predicted molar refractivity (Wildman–Crippen MR) is 50.6 cm³/mol. The monoisotopic (exact) mass is 197 g/mol. The van der Waals surface area contributed by atoms with Crippen LogP contribution in [0.25, 0.3) is 0 Å². The standard InChI is InChI=1S/C9H15N3O2/c13-8-3-7(4-11-8)5-12-2-1-10-9(14)6-12/h7H,1-6H2,(H,10,14)(H,11,13)/t7-/m0/s1. The number of hydrogen-bond acceptors (Lipinski definition) is 3. The van der Waals surface area contributed by atoms with Crippen LogP contribution < -0.4 is 10.6 Å². The van der Waals surface area contributed by atoms with E-state index in [0.717, 1.165) is 26.2 Å². The lowest BCUT2D eigenvalue weighted by molar-refractivity contribution is -0.124. The molecule has 2 fully saturated rings. The molecule has 2 rings (SSSR count). The summed E-state index contributed by atoms with van der Waals surface area (Å²) in [5.74, 6) is 0.610. The van der Waals surface area contributed by atoms with E-state index < -0.39 is 0 Å². The van der Waals surface area contributed by atoms with Gasteiger partial charge in [0, 0.05) is 32.6 Å². The van der Waals surface area contributed by atoms with E-state index in [1.165, 1.54) is 0 Å². The fraction of sp³-hybridized carbons (Fsp3) is 0.778.